The standard InChI is InChI=1S/C24H26N2O7/c1-15(2)33-19-10-8-16(9-11-19)22(27)20-21(17-6-4-7-18(14-17)26(30)31)25(12-5-13-32-3)24(29)23(20)28/h4,6-11,14-15,21,27H,5,12-13H2,1-3H3/b22-20+. The second kappa shape index (κ2) is 10.3. The largest absolute Gasteiger partial charge is 0.507 e. The van der Waals surface area contributed by atoms with Gasteiger partial charge >= 0.3 is 0 Å². The summed E-state index contributed by atoms with van der Waals surface area (Å²) in [5, 5.41) is 22.4. The lowest BCUT2D eigenvalue weighted by atomic mass is 9.95. The molecule has 3 rings (SSSR count). The van der Waals surface area contributed by atoms with E-state index in [9.17, 15) is 24.8 Å². The molecule has 0 bridgehead atoms. The quantitative estimate of drug-likeness (QED) is 0.153. The predicted molar refractivity (Wildman–Crippen MR) is 121 cm³/mol. The highest BCUT2D eigenvalue weighted by atomic mass is 16.6. The molecule has 2 aromatic carbocycles. The summed E-state index contributed by atoms with van der Waals surface area (Å²) >= 11 is 0. The number of amides is 1. The first-order valence-electron chi connectivity index (χ1n) is 10.5. The van der Waals surface area contributed by atoms with E-state index in [1.165, 1.54) is 30.2 Å². The number of carbonyl (C=O) groups excluding carboxylic acids is 2. The van der Waals surface area contributed by atoms with Gasteiger partial charge in [0.25, 0.3) is 17.4 Å². The Hall–Kier alpha value is -3.72. The number of nitrogens with zero attached hydrogens (tertiary/aromatic N) is 2. The van der Waals surface area contributed by atoms with E-state index in [-0.39, 0.29) is 29.7 Å². The van der Waals surface area contributed by atoms with E-state index in [0.717, 1.165) is 0 Å². The number of ketones is 1. The van der Waals surface area contributed by atoms with Crippen LogP contribution >= 0.6 is 0 Å². The number of likely N-dealkylation sites (tertiary alicyclic amines) is 1. The van der Waals surface area contributed by atoms with Gasteiger partial charge in [-0.2, -0.15) is 0 Å². The van der Waals surface area contributed by atoms with Crippen molar-refractivity contribution in [2.24, 2.45) is 0 Å². The number of non-ortho nitro benzene ring substituents is 1. The highest BCUT2D eigenvalue weighted by Gasteiger charge is 2.46. The maximum Gasteiger partial charge on any atom is 0.295 e. The van der Waals surface area contributed by atoms with Crippen LogP contribution in [-0.4, -0.2) is 53.0 Å². The molecular formula is C24H26N2O7. The van der Waals surface area contributed by atoms with E-state index in [0.29, 0.717) is 29.9 Å². The maximum atomic E-state index is 13.0. The molecular weight excluding hydrogens is 428 g/mol. The number of ether oxygens (including phenoxy) is 2. The zero-order valence-electron chi connectivity index (χ0n) is 18.7. The summed E-state index contributed by atoms with van der Waals surface area (Å²) in [6.45, 7) is 4.32. The number of aliphatic hydroxyl groups is 1. The van der Waals surface area contributed by atoms with Gasteiger partial charge in [-0.05, 0) is 50.1 Å². The first-order valence-corrected chi connectivity index (χ1v) is 10.5. The summed E-state index contributed by atoms with van der Waals surface area (Å²) in [6, 6.07) is 11.3. The molecule has 0 radical (unpaired) electrons. The molecule has 0 saturated carbocycles. The van der Waals surface area contributed by atoms with Crippen molar-refractivity contribution in [2.45, 2.75) is 32.4 Å². The number of rotatable bonds is 9. The predicted octanol–water partition coefficient (Wildman–Crippen LogP) is 3.84. The van der Waals surface area contributed by atoms with E-state index in [1.807, 2.05) is 13.8 Å². The van der Waals surface area contributed by atoms with Crippen LogP contribution in [0.3, 0.4) is 0 Å². The fraction of sp³-hybridized carbons (Fsp3) is 0.333. The van der Waals surface area contributed by atoms with Gasteiger partial charge in [-0.15, -0.1) is 0 Å². The lowest BCUT2D eigenvalue weighted by Crippen LogP contribution is -2.31. The number of nitro groups is 1. The van der Waals surface area contributed by atoms with Gasteiger partial charge in [0, 0.05) is 38.0 Å². The molecule has 1 fully saturated rings. The van der Waals surface area contributed by atoms with E-state index >= 15 is 0 Å². The first-order chi connectivity index (χ1) is 15.7. The van der Waals surface area contributed by atoms with Crippen molar-refractivity contribution >= 4 is 23.1 Å². The monoisotopic (exact) mass is 454 g/mol. The Balaban J connectivity index is 2.09. The average Bonchev–Trinajstić information content (AvgIpc) is 3.04. The van der Waals surface area contributed by atoms with Crippen LogP contribution in [0.2, 0.25) is 0 Å². The zero-order chi connectivity index (χ0) is 24.1. The Bertz CT molecular complexity index is 1080. The molecule has 1 N–H and O–H groups in total. The van der Waals surface area contributed by atoms with Gasteiger partial charge in [0.05, 0.1) is 22.6 Å². The minimum absolute atomic E-state index is 0.0317. The van der Waals surface area contributed by atoms with Gasteiger partial charge in [0.1, 0.15) is 11.5 Å². The third-order valence-electron chi connectivity index (χ3n) is 5.18. The summed E-state index contributed by atoms with van der Waals surface area (Å²) in [6.07, 6.45) is 0.423. The minimum atomic E-state index is -0.964. The van der Waals surface area contributed by atoms with Crippen LogP contribution < -0.4 is 4.74 Å². The second-order valence-corrected chi connectivity index (χ2v) is 7.88. The fourth-order valence-corrected chi connectivity index (χ4v) is 3.76. The van der Waals surface area contributed by atoms with Crippen molar-refractivity contribution in [3.05, 3.63) is 75.3 Å². The molecule has 1 aliphatic heterocycles. The lowest BCUT2D eigenvalue weighted by molar-refractivity contribution is -0.384. The summed E-state index contributed by atoms with van der Waals surface area (Å²) in [7, 11) is 1.53. The number of methoxy groups -OCH3 is 1. The highest BCUT2D eigenvalue weighted by molar-refractivity contribution is 6.46. The molecule has 1 saturated heterocycles. The van der Waals surface area contributed by atoms with Gasteiger partial charge < -0.3 is 19.5 Å². The fourth-order valence-electron chi connectivity index (χ4n) is 3.76. The normalized spacial score (nSPS) is 17.6. The van der Waals surface area contributed by atoms with E-state index in [4.69, 9.17) is 9.47 Å². The second-order valence-electron chi connectivity index (χ2n) is 7.88. The van der Waals surface area contributed by atoms with Crippen molar-refractivity contribution in [3.8, 4) is 5.75 Å². The van der Waals surface area contributed by atoms with E-state index in [2.05, 4.69) is 0 Å². The molecule has 0 aromatic heterocycles. The molecule has 9 nitrogen and oxygen atoms in total. The van der Waals surface area contributed by atoms with Gasteiger partial charge in [-0.1, -0.05) is 12.1 Å². The van der Waals surface area contributed by atoms with Crippen LogP contribution in [0.5, 0.6) is 5.75 Å². The Morgan fingerprint density at radius 1 is 1.18 bits per heavy atom. The Morgan fingerprint density at radius 3 is 2.48 bits per heavy atom. The third-order valence-corrected chi connectivity index (χ3v) is 5.18. The first kappa shape index (κ1) is 23.9. The van der Waals surface area contributed by atoms with Gasteiger partial charge in [-0.3, -0.25) is 19.7 Å². The van der Waals surface area contributed by atoms with Crippen molar-refractivity contribution in [1.29, 1.82) is 0 Å². The van der Waals surface area contributed by atoms with Gasteiger partial charge in [-0.25, -0.2) is 0 Å². The Kier molecular flexibility index (Phi) is 7.44. The van der Waals surface area contributed by atoms with Crippen molar-refractivity contribution in [1.82, 2.24) is 4.90 Å². The minimum Gasteiger partial charge on any atom is -0.507 e. The van der Waals surface area contributed by atoms with Crippen molar-refractivity contribution in [3.63, 3.8) is 0 Å². The smallest absolute Gasteiger partial charge is 0.295 e. The number of carbonyl (C=O) groups is 2. The molecule has 2 aromatic rings. The van der Waals surface area contributed by atoms with Gasteiger partial charge in [0.15, 0.2) is 0 Å². The zero-order valence-corrected chi connectivity index (χ0v) is 18.7. The molecule has 1 heterocycles. The molecule has 0 spiro atoms. The number of aliphatic hydroxyl groups excluding tert-OH is 1. The summed E-state index contributed by atoms with van der Waals surface area (Å²) < 4.78 is 10.7. The summed E-state index contributed by atoms with van der Waals surface area (Å²) in [5.41, 5.74) is 0.402. The maximum absolute atomic E-state index is 13.0. The van der Waals surface area contributed by atoms with E-state index < -0.39 is 22.7 Å². The van der Waals surface area contributed by atoms with Crippen LogP contribution in [0.15, 0.2) is 54.1 Å². The molecule has 1 aliphatic rings. The van der Waals surface area contributed by atoms with Crippen LogP contribution in [0.4, 0.5) is 5.69 Å². The highest BCUT2D eigenvalue weighted by Crippen LogP contribution is 2.40. The number of nitro benzene ring substituents is 1. The number of hydrogen-bond acceptors (Lipinski definition) is 7. The van der Waals surface area contributed by atoms with Crippen LogP contribution in [0, 0.1) is 10.1 Å². The van der Waals surface area contributed by atoms with Crippen molar-refractivity contribution < 1.29 is 29.1 Å². The van der Waals surface area contributed by atoms with Crippen LogP contribution in [-0.2, 0) is 14.3 Å². The number of Topliss-reactive ketones (excluding diaryl/α,β-unsaturated/α-hetero) is 1. The Labute approximate surface area is 191 Å². The topological polar surface area (TPSA) is 119 Å². The van der Waals surface area contributed by atoms with Crippen molar-refractivity contribution in [2.75, 3.05) is 20.3 Å². The average molecular weight is 454 g/mol. The van der Waals surface area contributed by atoms with E-state index in [1.54, 1.807) is 30.3 Å². The summed E-state index contributed by atoms with van der Waals surface area (Å²) in [4.78, 5) is 37.9. The molecule has 174 valence electrons. The number of benzene rings is 2. The molecule has 1 unspecified atom stereocenters. The molecule has 1 atom stereocenters. The lowest BCUT2D eigenvalue weighted by Gasteiger charge is -2.25. The Morgan fingerprint density at radius 2 is 1.88 bits per heavy atom. The third kappa shape index (κ3) is 5.20. The molecule has 0 aliphatic carbocycles. The number of hydrogen-bond donors (Lipinski definition) is 1. The van der Waals surface area contributed by atoms with Gasteiger partial charge in [0.2, 0.25) is 0 Å². The van der Waals surface area contributed by atoms with Crippen LogP contribution in [0.25, 0.3) is 5.76 Å². The summed E-state index contributed by atoms with van der Waals surface area (Å²) in [5.74, 6) is -1.38. The molecule has 33 heavy (non-hydrogen) atoms. The SMILES string of the molecule is COCCCN1C(=O)C(=O)/C(=C(/O)c2ccc(OC(C)C)cc2)C1c1cccc([N+](=O)[O-])c1. The molecule has 9 heteroatoms. The van der Waals surface area contributed by atoms with Crippen LogP contribution in [0.1, 0.15) is 37.4 Å². The molecule has 1 amide bonds.